The van der Waals surface area contributed by atoms with Crippen molar-refractivity contribution >= 4 is 11.7 Å². The van der Waals surface area contributed by atoms with Gasteiger partial charge >= 0.3 is 0 Å². The molecular weight excluding hydrogens is 330 g/mol. The van der Waals surface area contributed by atoms with E-state index < -0.39 is 5.91 Å². The molecule has 2 aromatic rings. The number of aryl methyl sites for hydroxylation is 1. The topological polar surface area (TPSA) is 84.6 Å². The zero-order chi connectivity index (χ0) is 18.5. The molecule has 1 aliphatic rings. The molecule has 0 aliphatic carbocycles. The van der Waals surface area contributed by atoms with Crippen LogP contribution in [0.2, 0.25) is 0 Å². The van der Waals surface area contributed by atoms with Crippen LogP contribution in [0.5, 0.6) is 5.88 Å². The Morgan fingerprint density at radius 1 is 1.19 bits per heavy atom. The minimum atomic E-state index is -0.435. The highest BCUT2D eigenvalue weighted by atomic mass is 16.5. The molecule has 3 heterocycles. The van der Waals surface area contributed by atoms with Crippen LogP contribution in [0.25, 0.3) is 0 Å². The summed E-state index contributed by atoms with van der Waals surface area (Å²) in [6.07, 6.45) is 1.87. The van der Waals surface area contributed by atoms with Gasteiger partial charge < -0.3 is 15.4 Å². The molecule has 0 saturated carbocycles. The Kier molecular flexibility index (Phi) is 5.68. The lowest BCUT2D eigenvalue weighted by molar-refractivity contribution is 0.1000. The molecule has 0 bridgehead atoms. The third-order valence-electron chi connectivity index (χ3n) is 4.45. The molecular formula is C19H25N5O2. The van der Waals surface area contributed by atoms with E-state index in [0.717, 1.165) is 44.0 Å². The number of anilines is 1. The Hall–Kier alpha value is -2.67. The first-order valence-corrected chi connectivity index (χ1v) is 8.89. The fraction of sp³-hybridized carbons (Fsp3) is 0.421. The first-order valence-electron chi connectivity index (χ1n) is 8.89. The number of amides is 1. The molecule has 7 nitrogen and oxygen atoms in total. The maximum atomic E-state index is 11.7. The van der Waals surface area contributed by atoms with E-state index in [1.807, 2.05) is 32.2 Å². The zero-order valence-electron chi connectivity index (χ0n) is 15.3. The van der Waals surface area contributed by atoms with Gasteiger partial charge in [-0.1, -0.05) is 6.07 Å². The maximum Gasteiger partial charge on any atom is 0.252 e. The summed E-state index contributed by atoms with van der Waals surface area (Å²) in [6, 6.07) is 7.54. The highest BCUT2D eigenvalue weighted by Gasteiger charge is 2.22. The van der Waals surface area contributed by atoms with E-state index >= 15 is 0 Å². The Bertz CT molecular complexity index is 755. The number of nitrogens with zero attached hydrogens (tertiary/aromatic N) is 4. The molecule has 0 spiro atoms. The van der Waals surface area contributed by atoms with Crippen LogP contribution in [-0.4, -0.2) is 53.6 Å². The van der Waals surface area contributed by atoms with E-state index in [1.54, 1.807) is 6.07 Å². The molecule has 1 aliphatic heterocycles. The lowest BCUT2D eigenvalue weighted by Crippen LogP contribution is -2.46. The molecule has 26 heavy (non-hydrogen) atoms. The quantitative estimate of drug-likeness (QED) is 0.847. The van der Waals surface area contributed by atoms with Gasteiger partial charge in [0.05, 0.1) is 12.2 Å². The van der Waals surface area contributed by atoms with Crippen LogP contribution in [-0.2, 0) is 6.54 Å². The fourth-order valence-corrected chi connectivity index (χ4v) is 3.09. The van der Waals surface area contributed by atoms with Gasteiger partial charge in [-0.15, -0.1) is 0 Å². The zero-order valence-corrected chi connectivity index (χ0v) is 15.3. The first-order chi connectivity index (χ1) is 12.6. The lowest BCUT2D eigenvalue weighted by atomic mass is 10.2. The van der Waals surface area contributed by atoms with Crippen molar-refractivity contribution in [1.82, 2.24) is 14.9 Å². The normalized spacial score (nSPS) is 15.1. The lowest BCUT2D eigenvalue weighted by Gasteiger charge is -2.36. The number of nitrogens with two attached hydrogens (primary N) is 1. The number of carbonyl (C=O) groups is 1. The number of aromatic nitrogens is 2. The molecule has 1 amide bonds. The van der Waals surface area contributed by atoms with Gasteiger partial charge in [-0.3, -0.25) is 9.69 Å². The van der Waals surface area contributed by atoms with Gasteiger partial charge in [0.15, 0.2) is 0 Å². The molecule has 0 unspecified atom stereocenters. The largest absolute Gasteiger partial charge is 0.478 e. The predicted octanol–water partition coefficient (Wildman–Crippen LogP) is 1.60. The standard InChI is InChI=1S/C19H25N5O2/c1-3-26-17-7-5-15(12-21-17)13-23-8-10-24(11-9-23)19-16(18(20)25)6-4-14(2)22-19/h4-7,12H,3,8-11,13H2,1-2H3,(H2,20,25). The van der Waals surface area contributed by atoms with E-state index in [2.05, 4.69) is 25.8 Å². The minimum Gasteiger partial charge on any atom is -0.478 e. The average molecular weight is 355 g/mol. The summed E-state index contributed by atoms with van der Waals surface area (Å²) in [6.45, 7) is 8.72. The number of carbonyl (C=O) groups excluding carboxylic acids is 1. The van der Waals surface area contributed by atoms with Crippen LogP contribution < -0.4 is 15.4 Å². The number of primary amides is 1. The molecule has 1 saturated heterocycles. The molecule has 0 aromatic carbocycles. The van der Waals surface area contributed by atoms with Crippen molar-refractivity contribution in [2.45, 2.75) is 20.4 Å². The van der Waals surface area contributed by atoms with Gasteiger partial charge in [-0.25, -0.2) is 9.97 Å². The summed E-state index contributed by atoms with van der Waals surface area (Å²) < 4.78 is 5.38. The second-order valence-electron chi connectivity index (χ2n) is 6.39. The van der Waals surface area contributed by atoms with Gasteiger partial charge in [-0.2, -0.15) is 0 Å². The van der Waals surface area contributed by atoms with Crippen molar-refractivity contribution in [2.75, 3.05) is 37.7 Å². The van der Waals surface area contributed by atoms with Crippen LogP contribution in [0.3, 0.4) is 0 Å². The number of hydrogen-bond acceptors (Lipinski definition) is 6. The highest BCUT2D eigenvalue weighted by molar-refractivity contribution is 5.97. The van der Waals surface area contributed by atoms with Crippen LogP contribution in [0.4, 0.5) is 5.82 Å². The second kappa shape index (κ2) is 8.14. The summed E-state index contributed by atoms with van der Waals surface area (Å²) in [7, 11) is 0. The van der Waals surface area contributed by atoms with E-state index in [4.69, 9.17) is 10.5 Å². The summed E-state index contributed by atoms with van der Waals surface area (Å²) in [4.78, 5) is 25.0. The van der Waals surface area contributed by atoms with Crippen LogP contribution in [0, 0.1) is 6.92 Å². The number of ether oxygens (including phenoxy) is 1. The molecule has 3 rings (SSSR count). The van der Waals surface area contributed by atoms with Gasteiger partial charge in [-0.05, 0) is 31.5 Å². The maximum absolute atomic E-state index is 11.7. The van der Waals surface area contributed by atoms with Crippen LogP contribution >= 0.6 is 0 Å². The number of hydrogen-bond donors (Lipinski definition) is 1. The van der Waals surface area contributed by atoms with Crippen molar-refractivity contribution in [1.29, 1.82) is 0 Å². The number of piperazine rings is 1. The van der Waals surface area contributed by atoms with Gasteiger partial charge in [0, 0.05) is 50.7 Å². The Balaban J connectivity index is 1.61. The Morgan fingerprint density at radius 2 is 1.96 bits per heavy atom. The van der Waals surface area contributed by atoms with Gasteiger partial charge in [0.1, 0.15) is 5.82 Å². The summed E-state index contributed by atoms with van der Waals surface area (Å²) in [5, 5.41) is 0. The first kappa shape index (κ1) is 18.1. The summed E-state index contributed by atoms with van der Waals surface area (Å²) in [5.74, 6) is 0.917. The van der Waals surface area contributed by atoms with Crippen molar-refractivity contribution in [3.63, 3.8) is 0 Å². The van der Waals surface area contributed by atoms with Crippen molar-refractivity contribution in [3.8, 4) is 5.88 Å². The summed E-state index contributed by atoms with van der Waals surface area (Å²) in [5.41, 5.74) is 8.03. The Labute approximate surface area is 153 Å². The van der Waals surface area contributed by atoms with E-state index in [1.165, 1.54) is 0 Å². The van der Waals surface area contributed by atoms with Crippen LogP contribution in [0.15, 0.2) is 30.5 Å². The third-order valence-corrected chi connectivity index (χ3v) is 4.45. The van der Waals surface area contributed by atoms with E-state index in [0.29, 0.717) is 23.9 Å². The summed E-state index contributed by atoms with van der Waals surface area (Å²) >= 11 is 0. The fourth-order valence-electron chi connectivity index (χ4n) is 3.09. The second-order valence-corrected chi connectivity index (χ2v) is 6.39. The third kappa shape index (κ3) is 4.29. The molecule has 7 heteroatoms. The minimum absolute atomic E-state index is 0.435. The molecule has 138 valence electrons. The number of rotatable bonds is 6. The predicted molar refractivity (Wildman–Crippen MR) is 100 cm³/mol. The average Bonchev–Trinajstić information content (AvgIpc) is 2.64. The van der Waals surface area contributed by atoms with Gasteiger partial charge in [0.25, 0.3) is 5.91 Å². The van der Waals surface area contributed by atoms with E-state index in [-0.39, 0.29) is 0 Å². The van der Waals surface area contributed by atoms with Crippen molar-refractivity contribution in [3.05, 3.63) is 47.3 Å². The highest BCUT2D eigenvalue weighted by Crippen LogP contribution is 2.20. The van der Waals surface area contributed by atoms with Crippen molar-refractivity contribution < 1.29 is 9.53 Å². The number of pyridine rings is 2. The molecule has 2 aromatic heterocycles. The molecule has 2 N–H and O–H groups in total. The monoisotopic (exact) mass is 355 g/mol. The molecule has 1 fully saturated rings. The SMILES string of the molecule is CCOc1ccc(CN2CCN(c3nc(C)ccc3C(N)=O)CC2)cn1. The van der Waals surface area contributed by atoms with Crippen LogP contribution in [0.1, 0.15) is 28.5 Å². The smallest absolute Gasteiger partial charge is 0.252 e. The molecule has 0 radical (unpaired) electrons. The molecule has 0 atom stereocenters. The van der Waals surface area contributed by atoms with E-state index in [9.17, 15) is 4.79 Å². The van der Waals surface area contributed by atoms with Gasteiger partial charge in [0.2, 0.25) is 5.88 Å². The van der Waals surface area contributed by atoms with Crippen molar-refractivity contribution in [2.24, 2.45) is 5.73 Å². The Morgan fingerprint density at radius 3 is 2.58 bits per heavy atom.